The summed E-state index contributed by atoms with van der Waals surface area (Å²) in [5.74, 6) is 1.02. The Morgan fingerprint density at radius 3 is 3.05 bits per heavy atom. The first-order valence-electron chi connectivity index (χ1n) is 6.74. The summed E-state index contributed by atoms with van der Waals surface area (Å²) in [6.45, 7) is 1.75. The highest BCUT2D eigenvalue weighted by Gasteiger charge is 2.30. The highest BCUT2D eigenvalue weighted by Crippen LogP contribution is 2.38. The minimum Gasteiger partial charge on any atom is -0.356 e. The van der Waals surface area contributed by atoms with Crippen molar-refractivity contribution in [3.8, 4) is 0 Å². The van der Waals surface area contributed by atoms with Crippen LogP contribution in [0.4, 0.5) is 5.82 Å². The summed E-state index contributed by atoms with van der Waals surface area (Å²) in [4.78, 5) is 9.01. The Labute approximate surface area is 117 Å². The molecule has 100 valence electrons. The second-order valence-electron chi connectivity index (χ2n) is 5.23. The van der Waals surface area contributed by atoms with Crippen LogP contribution >= 0.6 is 0 Å². The molecule has 4 rings (SSSR count). The number of nitrogens with zero attached hydrogens (tertiary/aromatic N) is 5. The predicted molar refractivity (Wildman–Crippen MR) is 76.9 cm³/mol. The summed E-state index contributed by atoms with van der Waals surface area (Å²) in [6.07, 6.45) is 6.81. The summed E-state index contributed by atoms with van der Waals surface area (Å²) in [5.41, 5.74) is 4.88. The van der Waals surface area contributed by atoms with Crippen molar-refractivity contribution in [2.75, 3.05) is 25.2 Å². The van der Waals surface area contributed by atoms with E-state index in [1.165, 1.54) is 11.3 Å². The highest BCUT2D eigenvalue weighted by atomic mass is 15.3. The van der Waals surface area contributed by atoms with Crippen LogP contribution in [0.15, 0.2) is 69.4 Å². The van der Waals surface area contributed by atoms with Gasteiger partial charge in [0, 0.05) is 25.4 Å². The fourth-order valence-corrected chi connectivity index (χ4v) is 3.03. The van der Waals surface area contributed by atoms with Crippen molar-refractivity contribution >= 4 is 5.82 Å². The lowest BCUT2D eigenvalue weighted by Gasteiger charge is -2.40. The molecule has 0 atom stereocenters. The second-order valence-corrected chi connectivity index (χ2v) is 5.23. The van der Waals surface area contributed by atoms with Crippen LogP contribution in [0.3, 0.4) is 0 Å². The van der Waals surface area contributed by atoms with Gasteiger partial charge < -0.3 is 9.80 Å². The van der Waals surface area contributed by atoms with Gasteiger partial charge in [0.1, 0.15) is 5.82 Å². The third kappa shape index (κ3) is 1.66. The van der Waals surface area contributed by atoms with Gasteiger partial charge in [0.15, 0.2) is 0 Å². The normalized spacial score (nSPS) is 20.6. The van der Waals surface area contributed by atoms with E-state index < -0.39 is 0 Å². The SMILES string of the molecule is CN1CN(c2ccccn2)CC2=C1C1=CN=NC1=CC2. The fourth-order valence-electron chi connectivity index (χ4n) is 3.03. The lowest BCUT2D eigenvalue weighted by Crippen LogP contribution is -2.43. The van der Waals surface area contributed by atoms with Gasteiger partial charge in [-0.2, -0.15) is 10.2 Å². The van der Waals surface area contributed by atoms with E-state index in [-0.39, 0.29) is 0 Å². The highest BCUT2D eigenvalue weighted by molar-refractivity contribution is 5.56. The Morgan fingerprint density at radius 1 is 1.25 bits per heavy atom. The van der Waals surface area contributed by atoms with Crippen molar-refractivity contribution in [2.24, 2.45) is 10.2 Å². The average Bonchev–Trinajstić information content (AvgIpc) is 2.96. The molecule has 3 heterocycles. The first-order chi connectivity index (χ1) is 9.83. The van der Waals surface area contributed by atoms with Crippen LogP contribution < -0.4 is 4.90 Å². The quantitative estimate of drug-likeness (QED) is 0.784. The van der Waals surface area contributed by atoms with E-state index in [1.807, 2.05) is 24.5 Å². The molecule has 2 aliphatic heterocycles. The summed E-state index contributed by atoms with van der Waals surface area (Å²) in [7, 11) is 2.12. The number of hydrogen-bond acceptors (Lipinski definition) is 5. The number of fused-ring (bicyclic) bond motifs is 2. The lowest BCUT2D eigenvalue weighted by molar-refractivity contribution is 0.391. The van der Waals surface area contributed by atoms with Crippen LogP contribution in [-0.4, -0.2) is 30.1 Å². The molecule has 0 unspecified atom stereocenters. The zero-order chi connectivity index (χ0) is 13.5. The number of likely N-dealkylation sites (N-methyl/N-ethyl adjacent to an activating group) is 1. The first kappa shape index (κ1) is 11.4. The van der Waals surface area contributed by atoms with Crippen molar-refractivity contribution in [1.29, 1.82) is 0 Å². The molecule has 0 bridgehead atoms. The third-order valence-electron chi connectivity index (χ3n) is 3.88. The maximum Gasteiger partial charge on any atom is 0.130 e. The number of rotatable bonds is 1. The average molecular weight is 265 g/mol. The molecule has 0 radical (unpaired) electrons. The van der Waals surface area contributed by atoms with Crippen LogP contribution in [0, 0.1) is 0 Å². The molecule has 0 aromatic carbocycles. The van der Waals surface area contributed by atoms with E-state index in [1.54, 1.807) is 0 Å². The van der Waals surface area contributed by atoms with Gasteiger partial charge in [-0.1, -0.05) is 12.1 Å². The Balaban J connectivity index is 1.69. The minimum absolute atomic E-state index is 0.834. The predicted octanol–water partition coefficient (Wildman–Crippen LogP) is 2.68. The van der Waals surface area contributed by atoms with Crippen molar-refractivity contribution in [2.45, 2.75) is 6.42 Å². The Bertz CT molecular complexity index is 669. The molecular formula is C15H15N5. The van der Waals surface area contributed by atoms with Crippen molar-refractivity contribution in [1.82, 2.24) is 9.88 Å². The number of aromatic nitrogens is 1. The molecule has 0 saturated heterocycles. The monoisotopic (exact) mass is 265 g/mol. The van der Waals surface area contributed by atoms with Gasteiger partial charge in [-0.3, -0.25) is 0 Å². The Morgan fingerprint density at radius 2 is 2.20 bits per heavy atom. The molecule has 0 saturated carbocycles. The molecular weight excluding hydrogens is 250 g/mol. The van der Waals surface area contributed by atoms with Crippen LogP contribution in [0.1, 0.15) is 6.42 Å². The van der Waals surface area contributed by atoms with Gasteiger partial charge in [-0.15, -0.1) is 0 Å². The van der Waals surface area contributed by atoms with Gasteiger partial charge in [-0.25, -0.2) is 4.98 Å². The van der Waals surface area contributed by atoms with Crippen molar-refractivity contribution in [3.05, 3.63) is 59.2 Å². The van der Waals surface area contributed by atoms with Gasteiger partial charge >= 0.3 is 0 Å². The van der Waals surface area contributed by atoms with E-state index in [2.05, 4.69) is 44.2 Å². The zero-order valence-electron chi connectivity index (χ0n) is 11.3. The Hall–Kier alpha value is -2.43. The molecule has 5 heteroatoms. The van der Waals surface area contributed by atoms with Gasteiger partial charge in [0.25, 0.3) is 0 Å². The lowest BCUT2D eigenvalue weighted by atomic mass is 9.93. The molecule has 0 N–H and O–H groups in total. The molecule has 3 aliphatic rings. The second kappa shape index (κ2) is 4.30. The number of allylic oxidation sites excluding steroid dienone is 1. The van der Waals surface area contributed by atoms with E-state index in [0.29, 0.717) is 0 Å². The molecule has 1 aromatic heterocycles. The molecule has 0 spiro atoms. The molecule has 5 nitrogen and oxygen atoms in total. The Kier molecular flexibility index (Phi) is 2.45. The van der Waals surface area contributed by atoms with Crippen LogP contribution in [-0.2, 0) is 0 Å². The molecule has 1 aromatic rings. The number of pyridine rings is 1. The van der Waals surface area contributed by atoms with Crippen LogP contribution in [0.5, 0.6) is 0 Å². The summed E-state index contributed by atoms with van der Waals surface area (Å²) >= 11 is 0. The molecule has 0 fully saturated rings. The molecule has 1 aliphatic carbocycles. The standard InChI is InChI=1S/C15H15N5/c1-19-10-20(14-4-2-3-7-16-14)9-11-5-6-13-12(15(11)19)8-17-18-13/h2-4,6-8H,5,9-10H2,1H3. The van der Waals surface area contributed by atoms with E-state index in [9.17, 15) is 0 Å². The maximum absolute atomic E-state index is 4.45. The van der Waals surface area contributed by atoms with E-state index >= 15 is 0 Å². The summed E-state index contributed by atoms with van der Waals surface area (Å²) < 4.78 is 0. The van der Waals surface area contributed by atoms with E-state index in [4.69, 9.17) is 0 Å². The van der Waals surface area contributed by atoms with Crippen LogP contribution in [0.2, 0.25) is 0 Å². The molecule has 20 heavy (non-hydrogen) atoms. The van der Waals surface area contributed by atoms with Crippen molar-refractivity contribution in [3.63, 3.8) is 0 Å². The largest absolute Gasteiger partial charge is 0.356 e. The maximum atomic E-state index is 4.45. The van der Waals surface area contributed by atoms with Crippen molar-refractivity contribution < 1.29 is 0 Å². The number of anilines is 1. The summed E-state index contributed by atoms with van der Waals surface area (Å²) in [6, 6.07) is 6.04. The van der Waals surface area contributed by atoms with Gasteiger partial charge in [0.2, 0.25) is 0 Å². The number of hydrogen-bond donors (Lipinski definition) is 0. The molecule has 0 amide bonds. The summed E-state index contributed by atoms with van der Waals surface area (Å²) in [5, 5.41) is 8.21. The smallest absolute Gasteiger partial charge is 0.130 e. The fraction of sp³-hybridized carbons (Fsp3) is 0.267. The van der Waals surface area contributed by atoms with Gasteiger partial charge in [-0.05, 0) is 24.1 Å². The zero-order valence-corrected chi connectivity index (χ0v) is 11.3. The number of azo groups is 1. The minimum atomic E-state index is 0.834. The third-order valence-corrected chi connectivity index (χ3v) is 3.88. The van der Waals surface area contributed by atoms with E-state index in [0.717, 1.165) is 36.7 Å². The van der Waals surface area contributed by atoms with Crippen LogP contribution in [0.25, 0.3) is 0 Å². The first-order valence-corrected chi connectivity index (χ1v) is 6.74. The topological polar surface area (TPSA) is 44.1 Å². The van der Waals surface area contributed by atoms with Gasteiger partial charge in [0.05, 0.1) is 24.3 Å².